The Hall–Kier alpha value is -0.500. The molecule has 0 atom stereocenters. The zero-order chi connectivity index (χ0) is 15.3. The second-order valence-electron chi connectivity index (χ2n) is 6.09. The molecule has 21 heavy (non-hydrogen) atoms. The topological polar surface area (TPSA) is 12.0 Å². The monoisotopic (exact) mass is 353 g/mol. The summed E-state index contributed by atoms with van der Waals surface area (Å²) in [7, 11) is 0. The standard InChI is InChI=1S/C19H32BrN/c1-3-4-5-6-7-8-9-10-11-12-15-21-19-16-17(2)13-14-18(19)20/h13-14,16,21H,3-12,15H2,1-2H3. The van der Waals surface area contributed by atoms with Gasteiger partial charge in [-0.15, -0.1) is 0 Å². The van der Waals surface area contributed by atoms with Crippen molar-refractivity contribution < 1.29 is 0 Å². The Kier molecular flexibility index (Phi) is 10.7. The van der Waals surface area contributed by atoms with Gasteiger partial charge in [-0.25, -0.2) is 0 Å². The first-order valence-electron chi connectivity index (χ1n) is 8.74. The van der Waals surface area contributed by atoms with E-state index < -0.39 is 0 Å². The smallest absolute Gasteiger partial charge is 0.0487 e. The van der Waals surface area contributed by atoms with Crippen molar-refractivity contribution in [3.8, 4) is 0 Å². The van der Waals surface area contributed by atoms with E-state index in [0.29, 0.717) is 0 Å². The summed E-state index contributed by atoms with van der Waals surface area (Å²) in [6, 6.07) is 6.46. The Balaban J connectivity index is 1.94. The summed E-state index contributed by atoms with van der Waals surface area (Å²) >= 11 is 3.60. The van der Waals surface area contributed by atoms with Gasteiger partial charge in [0.15, 0.2) is 0 Å². The highest BCUT2D eigenvalue weighted by Gasteiger charge is 1.99. The highest BCUT2D eigenvalue weighted by Crippen LogP contribution is 2.23. The Morgan fingerprint density at radius 3 is 2.05 bits per heavy atom. The molecule has 0 bridgehead atoms. The zero-order valence-corrected chi connectivity index (χ0v) is 15.5. The molecule has 0 spiro atoms. The van der Waals surface area contributed by atoms with Gasteiger partial charge in [0.25, 0.3) is 0 Å². The zero-order valence-electron chi connectivity index (χ0n) is 13.9. The summed E-state index contributed by atoms with van der Waals surface area (Å²) in [6.45, 7) is 5.50. The lowest BCUT2D eigenvalue weighted by Gasteiger charge is -2.09. The van der Waals surface area contributed by atoms with Crippen molar-refractivity contribution in [1.29, 1.82) is 0 Å². The highest BCUT2D eigenvalue weighted by atomic mass is 79.9. The van der Waals surface area contributed by atoms with Gasteiger partial charge in [0.2, 0.25) is 0 Å². The third-order valence-electron chi connectivity index (χ3n) is 3.97. The summed E-state index contributed by atoms with van der Waals surface area (Å²) < 4.78 is 1.17. The molecular formula is C19H32BrN. The van der Waals surface area contributed by atoms with Crippen LogP contribution < -0.4 is 5.32 Å². The van der Waals surface area contributed by atoms with Crippen LogP contribution in [0.15, 0.2) is 22.7 Å². The number of aryl methyl sites for hydroxylation is 1. The minimum Gasteiger partial charge on any atom is -0.384 e. The maximum atomic E-state index is 3.60. The van der Waals surface area contributed by atoms with Crippen LogP contribution in [-0.2, 0) is 0 Å². The van der Waals surface area contributed by atoms with E-state index in [0.717, 1.165) is 6.54 Å². The predicted molar refractivity (Wildman–Crippen MR) is 99.2 cm³/mol. The lowest BCUT2D eigenvalue weighted by Crippen LogP contribution is -2.02. The fraction of sp³-hybridized carbons (Fsp3) is 0.684. The first-order chi connectivity index (χ1) is 10.2. The summed E-state index contributed by atoms with van der Waals surface area (Å²) in [6.07, 6.45) is 14.0. The van der Waals surface area contributed by atoms with Gasteiger partial charge < -0.3 is 5.32 Å². The molecule has 2 heteroatoms. The van der Waals surface area contributed by atoms with Crippen molar-refractivity contribution >= 4 is 21.6 Å². The van der Waals surface area contributed by atoms with Crippen LogP contribution in [0.4, 0.5) is 5.69 Å². The molecule has 1 nitrogen and oxygen atoms in total. The van der Waals surface area contributed by atoms with Crippen molar-refractivity contribution in [1.82, 2.24) is 0 Å². The molecule has 0 saturated carbocycles. The molecule has 1 rings (SSSR count). The molecule has 1 aromatic carbocycles. The summed E-state index contributed by atoms with van der Waals surface area (Å²) in [5, 5.41) is 3.53. The van der Waals surface area contributed by atoms with Gasteiger partial charge in [0, 0.05) is 16.7 Å². The van der Waals surface area contributed by atoms with Crippen LogP contribution in [-0.4, -0.2) is 6.54 Å². The van der Waals surface area contributed by atoms with E-state index in [1.54, 1.807) is 0 Å². The molecule has 0 aliphatic heterocycles. The van der Waals surface area contributed by atoms with E-state index in [9.17, 15) is 0 Å². The van der Waals surface area contributed by atoms with Crippen LogP contribution >= 0.6 is 15.9 Å². The molecule has 0 aromatic heterocycles. The van der Waals surface area contributed by atoms with Gasteiger partial charge in [-0.3, -0.25) is 0 Å². The Bertz CT molecular complexity index is 376. The minimum atomic E-state index is 1.08. The molecule has 1 aromatic rings. The van der Waals surface area contributed by atoms with Crippen molar-refractivity contribution in [2.75, 3.05) is 11.9 Å². The van der Waals surface area contributed by atoms with Crippen LogP contribution in [0.3, 0.4) is 0 Å². The van der Waals surface area contributed by atoms with E-state index in [2.05, 4.69) is 53.3 Å². The van der Waals surface area contributed by atoms with Crippen LogP contribution in [0.5, 0.6) is 0 Å². The molecule has 0 amide bonds. The lowest BCUT2D eigenvalue weighted by atomic mass is 10.1. The average molecular weight is 354 g/mol. The molecule has 0 aliphatic carbocycles. The molecule has 120 valence electrons. The van der Waals surface area contributed by atoms with Crippen LogP contribution in [0.2, 0.25) is 0 Å². The second kappa shape index (κ2) is 12.1. The third-order valence-corrected chi connectivity index (χ3v) is 4.66. The van der Waals surface area contributed by atoms with Gasteiger partial charge in [0.05, 0.1) is 0 Å². The number of hydrogen-bond donors (Lipinski definition) is 1. The molecule has 0 saturated heterocycles. The summed E-state index contributed by atoms with van der Waals surface area (Å²) in [5.41, 5.74) is 2.54. The van der Waals surface area contributed by atoms with E-state index in [1.807, 2.05) is 0 Å². The van der Waals surface area contributed by atoms with Crippen molar-refractivity contribution in [2.24, 2.45) is 0 Å². The summed E-state index contributed by atoms with van der Waals surface area (Å²) in [4.78, 5) is 0. The largest absolute Gasteiger partial charge is 0.384 e. The van der Waals surface area contributed by atoms with E-state index in [4.69, 9.17) is 0 Å². The normalized spacial score (nSPS) is 10.8. The number of benzene rings is 1. The van der Waals surface area contributed by atoms with E-state index >= 15 is 0 Å². The first kappa shape index (κ1) is 18.5. The van der Waals surface area contributed by atoms with Crippen molar-refractivity contribution in [3.05, 3.63) is 28.2 Å². The highest BCUT2D eigenvalue weighted by molar-refractivity contribution is 9.10. The van der Waals surface area contributed by atoms with Crippen LogP contribution in [0.1, 0.15) is 76.7 Å². The Labute approximate surface area is 140 Å². The number of rotatable bonds is 12. The molecular weight excluding hydrogens is 322 g/mol. The van der Waals surface area contributed by atoms with Crippen molar-refractivity contribution in [3.63, 3.8) is 0 Å². The Morgan fingerprint density at radius 1 is 0.857 bits per heavy atom. The molecule has 0 aliphatic rings. The predicted octanol–water partition coefficient (Wildman–Crippen LogP) is 7.09. The minimum absolute atomic E-state index is 1.08. The SMILES string of the molecule is CCCCCCCCCCCCNc1cc(C)ccc1Br. The van der Waals surface area contributed by atoms with Gasteiger partial charge in [-0.05, 0) is 47.0 Å². The molecule has 0 unspecified atom stereocenters. The first-order valence-corrected chi connectivity index (χ1v) is 9.53. The summed E-state index contributed by atoms with van der Waals surface area (Å²) in [5.74, 6) is 0. The number of unbranched alkanes of at least 4 members (excludes halogenated alkanes) is 9. The number of anilines is 1. The molecule has 1 N–H and O–H groups in total. The van der Waals surface area contributed by atoms with Crippen molar-refractivity contribution in [2.45, 2.75) is 78.1 Å². The van der Waals surface area contributed by atoms with Crippen LogP contribution in [0.25, 0.3) is 0 Å². The number of nitrogens with one attached hydrogen (secondary N) is 1. The molecule has 0 heterocycles. The molecule has 0 radical (unpaired) electrons. The Morgan fingerprint density at radius 2 is 1.43 bits per heavy atom. The lowest BCUT2D eigenvalue weighted by molar-refractivity contribution is 0.560. The fourth-order valence-electron chi connectivity index (χ4n) is 2.61. The van der Waals surface area contributed by atoms with Gasteiger partial charge in [0.1, 0.15) is 0 Å². The van der Waals surface area contributed by atoms with Gasteiger partial charge in [-0.1, -0.05) is 70.8 Å². The third kappa shape index (κ3) is 9.18. The van der Waals surface area contributed by atoms with Gasteiger partial charge >= 0.3 is 0 Å². The van der Waals surface area contributed by atoms with Crippen LogP contribution in [0, 0.1) is 6.92 Å². The van der Waals surface area contributed by atoms with E-state index in [-0.39, 0.29) is 0 Å². The average Bonchev–Trinajstić information content (AvgIpc) is 2.48. The molecule has 0 fully saturated rings. The fourth-order valence-corrected chi connectivity index (χ4v) is 3.00. The maximum absolute atomic E-state index is 3.60. The number of halogens is 1. The quantitative estimate of drug-likeness (QED) is 0.395. The van der Waals surface area contributed by atoms with Gasteiger partial charge in [-0.2, -0.15) is 0 Å². The second-order valence-corrected chi connectivity index (χ2v) is 6.95. The maximum Gasteiger partial charge on any atom is 0.0487 e. The number of hydrogen-bond acceptors (Lipinski definition) is 1. The van der Waals surface area contributed by atoms with E-state index in [1.165, 1.54) is 79.9 Å².